The van der Waals surface area contributed by atoms with Crippen LogP contribution in [0.15, 0.2) is 47.4 Å². The molecule has 160 valence electrons. The number of rotatable bonds is 12. The number of sulfone groups is 1. The van der Waals surface area contributed by atoms with Gasteiger partial charge in [0, 0.05) is 25.4 Å². The van der Waals surface area contributed by atoms with Crippen molar-refractivity contribution in [2.75, 3.05) is 46.8 Å². The van der Waals surface area contributed by atoms with E-state index in [0.29, 0.717) is 42.7 Å². The quantitative estimate of drug-likeness (QED) is 0.494. The second-order valence-corrected chi connectivity index (χ2v) is 8.29. The van der Waals surface area contributed by atoms with Crippen molar-refractivity contribution in [1.82, 2.24) is 5.32 Å². The monoisotopic (exact) mass is 425 g/mol. The molecule has 2 N–H and O–H groups in total. The molecule has 0 spiro atoms. The zero-order chi connectivity index (χ0) is 21.3. The van der Waals surface area contributed by atoms with Crippen LogP contribution in [0.2, 0.25) is 0 Å². The Labute approximate surface area is 171 Å². The summed E-state index contributed by atoms with van der Waals surface area (Å²) in [5.74, 6) is 2.38. The van der Waals surface area contributed by atoms with Crippen LogP contribution in [-0.4, -0.2) is 66.4 Å². The minimum absolute atomic E-state index is 0.0851. The summed E-state index contributed by atoms with van der Waals surface area (Å²) >= 11 is 0. The van der Waals surface area contributed by atoms with Gasteiger partial charge in [0.2, 0.25) is 0 Å². The second-order valence-electron chi connectivity index (χ2n) is 6.28. The van der Waals surface area contributed by atoms with Crippen LogP contribution < -0.4 is 24.3 Å². The van der Waals surface area contributed by atoms with Crippen molar-refractivity contribution in [3.05, 3.63) is 42.5 Å². The Morgan fingerprint density at radius 3 is 2.24 bits per heavy atom. The molecule has 2 aromatic carbocycles. The summed E-state index contributed by atoms with van der Waals surface area (Å²) in [6, 6.07) is 11.4. The van der Waals surface area contributed by atoms with Crippen molar-refractivity contribution in [3.63, 3.8) is 0 Å². The lowest BCUT2D eigenvalue weighted by molar-refractivity contribution is 0.105. The topological polar surface area (TPSA) is 103 Å². The summed E-state index contributed by atoms with van der Waals surface area (Å²) in [7, 11) is -0.102. The maximum absolute atomic E-state index is 11.4. The summed E-state index contributed by atoms with van der Waals surface area (Å²) in [4.78, 5) is 0.224. The molecule has 1 unspecified atom stereocenters. The summed E-state index contributed by atoms with van der Waals surface area (Å²) in [6.07, 6.45) is 0.429. The molecule has 1 atom stereocenters. The third-order valence-corrected chi connectivity index (χ3v) is 5.11. The van der Waals surface area contributed by atoms with Crippen LogP contribution in [0.5, 0.6) is 23.0 Å². The maximum Gasteiger partial charge on any atom is 0.175 e. The van der Waals surface area contributed by atoms with Crippen LogP contribution in [0.1, 0.15) is 0 Å². The first-order chi connectivity index (χ1) is 13.8. The molecule has 2 rings (SSSR count). The molecule has 29 heavy (non-hydrogen) atoms. The Morgan fingerprint density at radius 1 is 0.966 bits per heavy atom. The molecule has 0 heterocycles. The predicted molar refractivity (Wildman–Crippen MR) is 109 cm³/mol. The molecule has 2 aromatic rings. The van der Waals surface area contributed by atoms with Gasteiger partial charge in [-0.3, -0.25) is 0 Å². The van der Waals surface area contributed by atoms with Crippen LogP contribution in [0, 0.1) is 0 Å². The van der Waals surface area contributed by atoms with Gasteiger partial charge in [-0.2, -0.15) is 0 Å². The van der Waals surface area contributed by atoms with Crippen molar-refractivity contribution >= 4 is 9.84 Å². The first-order valence-corrected chi connectivity index (χ1v) is 10.9. The zero-order valence-corrected chi connectivity index (χ0v) is 17.6. The van der Waals surface area contributed by atoms with Gasteiger partial charge in [0.25, 0.3) is 0 Å². The number of aliphatic hydroxyl groups excluding tert-OH is 1. The van der Waals surface area contributed by atoms with Gasteiger partial charge in [-0.25, -0.2) is 8.42 Å². The van der Waals surface area contributed by atoms with E-state index in [4.69, 9.17) is 18.9 Å². The number of methoxy groups -OCH3 is 2. The van der Waals surface area contributed by atoms with Gasteiger partial charge in [-0.15, -0.1) is 0 Å². The van der Waals surface area contributed by atoms with Gasteiger partial charge in [-0.05, 0) is 36.4 Å². The lowest BCUT2D eigenvalue weighted by Gasteiger charge is -2.14. The SMILES string of the molecule is COc1ccc(OCCNCC(O)COc2ccc(S(C)(=O)=O)cc2)cc1OC. The standard InChI is InChI=1S/C20H27NO7S/c1-25-19-9-6-17(12-20(19)26-2)27-11-10-21-13-15(22)14-28-16-4-7-18(8-5-16)29(3,23)24/h4-9,12,15,21-22H,10-11,13-14H2,1-3H3. The van der Waals surface area contributed by atoms with E-state index in [2.05, 4.69) is 5.32 Å². The molecule has 8 nitrogen and oxygen atoms in total. The van der Waals surface area contributed by atoms with Crippen LogP contribution in [0.3, 0.4) is 0 Å². The Kier molecular flexibility index (Phi) is 8.56. The Morgan fingerprint density at radius 2 is 1.62 bits per heavy atom. The predicted octanol–water partition coefficient (Wildman–Crippen LogP) is 1.52. The van der Waals surface area contributed by atoms with Crippen molar-refractivity contribution in [1.29, 1.82) is 0 Å². The Hall–Kier alpha value is -2.49. The van der Waals surface area contributed by atoms with Crippen LogP contribution in [-0.2, 0) is 9.84 Å². The first kappa shape index (κ1) is 22.8. The first-order valence-electron chi connectivity index (χ1n) is 9.00. The summed E-state index contributed by atoms with van der Waals surface area (Å²) in [5, 5.41) is 13.1. The molecule has 0 aromatic heterocycles. The summed E-state index contributed by atoms with van der Waals surface area (Å²) < 4.78 is 44.4. The van der Waals surface area contributed by atoms with Crippen LogP contribution >= 0.6 is 0 Å². The lowest BCUT2D eigenvalue weighted by Crippen LogP contribution is -2.33. The average Bonchev–Trinajstić information content (AvgIpc) is 2.71. The van der Waals surface area contributed by atoms with E-state index in [0.717, 1.165) is 6.26 Å². The highest BCUT2D eigenvalue weighted by Crippen LogP contribution is 2.30. The fourth-order valence-electron chi connectivity index (χ4n) is 2.45. The molecule has 0 fully saturated rings. The number of ether oxygens (including phenoxy) is 4. The van der Waals surface area contributed by atoms with E-state index in [1.54, 1.807) is 44.6 Å². The van der Waals surface area contributed by atoms with E-state index in [-0.39, 0.29) is 11.5 Å². The van der Waals surface area contributed by atoms with Gasteiger partial charge in [0.05, 0.1) is 19.1 Å². The highest BCUT2D eigenvalue weighted by atomic mass is 32.2. The number of aliphatic hydroxyl groups is 1. The number of hydrogen-bond donors (Lipinski definition) is 2. The fraction of sp³-hybridized carbons (Fsp3) is 0.400. The highest BCUT2D eigenvalue weighted by molar-refractivity contribution is 7.90. The molecular formula is C20H27NO7S. The number of nitrogens with one attached hydrogen (secondary N) is 1. The van der Waals surface area contributed by atoms with Crippen molar-refractivity contribution < 1.29 is 32.5 Å². The van der Waals surface area contributed by atoms with E-state index in [1.165, 1.54) is 12.1 Å². The molecule has 9 heteroatoms. The zero-order valence-electron chi connectivity index (χ0n) is 16.8. The Balaban J connectivity index is 1.65. The van der Waals surface area contributed by atoms with E-state index in [1.807, 2.05) is 0 Å². The molecule has 0 bridgehead atoms. The summed E-state index contributed by atoms with van der Waals surface area (Å²) in [5.41, 5.74) is 0. The third-order valence-electron chi connectivity index (χ3n) is 3.98. The smallest absolute Gasteiger partial charge is 0.175 e. The van der Waals surface area contributed by atoms with Gasteiger partial charge >= 0.3 is 0 Å². The van der Waals surface area contributed by atoms with Gasteiger partial charge in [0.15, 0.2) is 21.3 Å². The average molecular weight is 426 g/mol. The second kappa shape index (κ2) is 10.9. The van der Waals surface area contributed by atoms with Crippen LogP contribution in [0.25, 0.3) is 0 Å². The molecular weight excluding hydrogens is 398 g/mol. The highest BCUT2D eigenvalue weighted by Gasteiger charge is 2.09. The normalized spacial score (nSPS) is 12.3. The fourth-order valence-corrected chi connectivity index (χ4v) is 3.08. The number of benzene rings is 2. The minimum Gasteiger partial charge on any atom is -0.493 e. The lowest BCUT2D eigenvalue weighted by atomic mass is 10.3. The summed E-state index contributed by atoms with van der Waals surface area (Å²) in [6.45, 7) is 1.36. The molecule has 0 saturated heterocycles. The third kappa shape index (κ3) is 7.45. The molecule has 0 aliphatic rings. The molecule has 0 radical (unpaired) electrons. The largest absolute Gasteiger partial charge is 0.493 e. The van der Waals surface area contributed by atoms with Gasteiger partial charge in [-0.1, -0.05) is 0 Å². The maximum atomic E-state index is 11.4. The van der Waals surface area contributed by atoms with Gasteiger partial charge in [0.1, 0.15) is 30.8 Å². The van der Waals surface area contributed by atoms with Crippen molar-refractivity contribution in [3.8, 4) is 23.0 Å². The molecule has 0 aliphatic heterocycles. The van der Waals surface area contributed by atoms with E-state index >= 15 is 0 Å². The van der Waals surface area contributed by atoms with Crippen molar-refractivity contribution in [2.45, 2.75) is 11.0 Å². The number of hydrogen-bond acceptors (Lipinski definition) is 8. The van der Waals surface area contributed by atoms with E-state index < -0.39 is 15.9 Å². The van der Waals surface area contributed by atoms with Gasteiger partial charge < -0.3 is 29.4 Å². The van der Waals surface area contributed by atoms with Crippen LogP contribution in [0.4, 0.5) is 0 Å². The molecule has 0 saturated carbocycles. The van der Waals surface area contributed by atoms with E-state index in [9.17, 15) is 13.5 Å². The van der Waals surface area contributed by atoms with Crippen molar-refractivity contribution in [2.24, 2.45) is 0 Å². The molecule has 0 amide bonds. The molecule has 0 aliphatic carbocycles. The Bertz CT molecular complexity index is 869. The minimum atomic E-state index is -3.24.